The molecule has 2 aromatic carbocycles. The number of benzene rings is 2. The third kappa shape index (κ3) is 4.29. The van der Waals surface area contributed by atoms with Gasteiger partial charge in [0.1, 0.15) is 5.82 Å². The summed E-state index contributed by atoms with van der Waals surface area (Å²) in [6, 6.07) is 5.30. The summed E-state index contributed by atoms with van der Waals surface area (Å²) >= 11 is 0. The fourth-order valence-electron chi connectivity index (χ4n) is 2.09. The van der Waals surface area contributed by atoms with Crippen LogP contribution in [0, 0.1) is 23.3 Å². The van der Waals surface area contributed by atoms with Crippen LogP contribution in [0.5, 0.6) is 0 Å². The van der Waals surface area contributed by atoms with Gasteiger partial charge in [0.05, 0.1) is 17.9 Å². The van der Waals surface area contributed by atoms with Crippen LogP contribution in [0.15, 0.2) is 30.3 Å². The lowest BCUT2D eigenvalue weighted by Gasteiger charge is -2.14. The summed E-state index contributed by atoms with van der Waals surface area (Å²) in [5.74, 6) is -6.87. The largest absolute Gasteiger partial charge is 0.375 e. The Bertz CT molecular complexity index is 856. The number of hydrogen-bond acceptors (Lipinski definition) is 3. The molecule has 0 saturated heterocycles. The SMILES string of the molecule is CN(C)c1ccc(C(=O)NCC(=O)Nc2ccc(F)c(F)c2F)cc1F. The van der Waals surface area contributed by atoms with Crippen molar-refractivity contribution in [2.24, 2.45) is 0 Å². The fraction of sp³-hybridized carbons (Fsp3) is 0.176. The number of nitrogens with zero attached hydrogens (tertiary/aromatic N) is 1. The Hall–Kier alpha value is -3.10. The monoisotopic (exact) mass is 369 g/mol. The van der Waals surface area contributed by atoms with Crippen molar-refractivity contribution in [2.75, 3.05) is 30.9 Å². The first-order valence-electron chi connectivity index (χ1n) is 7.39. The zero-order valence-electron chi connectivity index (χ0n) is 13.9. The molecular formula is C17H15F4N3O2. The van der Waals surface area contributed by atoms with E-state index in [4.69, 9.17) is 0 Å². The molecule has 2 N–H and O–H groups in total. The second-order valence-electron chi connectivity index (χ2n) is 5.51. The van der Waals surface area contributed by atoms with Crippen molar-refractivity contribution in [3.8, 4) is 0 Å². The molecule has 0 aliphatic carbocycles. The van der Waals surface area contributed by atoms with Crippen LogP contribution < -0.4 is 15.5 Å². The van der Waals surface area contributed by atoms with Gasteiger partial charge < -0.3 is 15.5 Å². The number of hydrogen-bond donors (Lipinski definition) is 2. The molecule has 0 spiro atoms. The zero-order chi connectivity index (χ0) is 19.4. The van der Waals surface area contributed by atoms with Gasteiger partial charge in [0, 0.05) is 19.7 Å². The number of anilines is 2. The van der Waals surface area contributed by atoms with Gasteiger partial charge in [-0.05, 0) is 30.3 Å². The van der Waals surface area contributed by atoms with Gasteiger partial charge in [-0.3, -0.25) is 9.59 Å². The van der Waals surface area contributed by atoms with Gasteiger partial charge in [-0.1, -0.05) is 0 Å². The molecule has 2 aromatic rings. The van der Waals surface area contributed by atoms with Gasteiger partial charge in [-0.25, -0.2) is 17.6 Å². The molecule has 138 valence electrons. The molecule has 0 radical (unpaired) electrons. The summed E-state index contributed by atoms with van der Waals surface area (Å²) in [4.78, 5) is 25.2. The third-order valence-electron chi connectivity index (χ3n) is 3.41. The molecule has 0 aromatic heterocycles. The minimum absolute atomic E-state index is 0.0140. The van der Waals surface area contributed by atoms with Gasteiger partial charge in [-0.2, -0.15) is 0 Å². The van der Waals surface area contributed by atoms with Crippen molar-refractivity contribution < 1.29 is 27.2 Å². The third-order valence-corrected chi connectivity index (χ3v) is 3.41. The Labute approximate surface area is 146 Å². The van der Waals surface area contributed by atoms with Gasteiger partial charge in [0.15, 0.2) is 17.5 Å². The number of carbonyl (C=O) groups is 2. The van der Waals surface area contributed by atoms with E-state index in [0.29, 0.717) is 6.07 Å². The van der Waals surface area contributed by atoms with Crippen LogP contribution >= 0.6 is 0 Å². The summed E-state index contributed by atoms with van der Waals surface area (Å²) < 4.78 is 53.3. The van der Waals surface area contributed by atoms with E-state index in [1.807, 2.05) is 5.32 Å². The van der Waals surface area contributed by atoms with Crippen LogP contribution in [-0.4, -0.2) is 32.5 Å². The summed E-state index contributed by atoms with van der Waals surface area (Å²) in [7, 11) is 3.28. The second-order valence-corrected chi connectivity index (χ2v) is 5.51. The maximum absolute atomic E-state index is 13.9. The van der Waals surface area contributed by atoms with Gasteiger partial charge in [0.25, 0.3) is 5.91 Å². The van der Waals surface area contributed by atoms with Crippen molar-refractivity contribution in [1.82, 2.24) is 5.32 Å². The standard InChI is InChI=1S/C17H15F4N3O2/c1-24(2)13-6-3-9(7-11(13)19)17(26)22-8-14(25)23-12-5-4-10(18)15(20)16(12)21/h3-7H,8H2,1-2H3,(H,22,26)(H,23,25). The van der Waals surface area contributed by atoms with Crippen LogP contribution in [-0.2, 0) is 4.79 Å². The highest BCUT2D eigenvalue weighted by Crippen LogP contribution is 2.20. The van der Waals surface area contributed by atoms with E-state index in [-0.39, 0.29) is 11.3 Å². The summed E-state index contributed by atoms with van der Waals surface area (Å²) in [6.07, 6.45) is 0. The molecule has 2 amide bonds. The molecule has 0 fully saturated rings. The van der Waals surface area contributed by atoms with Crippen LogP contribution in [0.3, 0.4) is 0 Å². The quantitative estimate of drug-likeness (QED) is 0.629. The molecule has 0 bridgehead atoms. The van der Waals surface area contributed by atoms with Gasteiger partial charge in [-0.15, -0.1) is 0 Å². The normalized spacial score (nSPS) is 10.4. The predicted octanol–water partition coefficient (Wildman–Crippen LogP) is 2.68. The maximum atomic E-state index is 13.9. The smallest absolute Gasteiger partial charge is 0.251 e. The highest BCUT2D eigenvalue weighted by atomic mass is 19.2. The molecule has 0 atom stereocenters. The number of halogens is 4. The van der Waals surface area contributed by atoms with Crippen LogP contribution in [0.1, 0.15) is 10.4 Å². The first kappa shape index (κ1) is 19.2. The first-order valence-corrected chi connectivity index (χ1v) is 7.39. The molecule has 5 nitrogen and oxygen atoms in total. The van der Waals surface area contributed by atoms with E-state index in [1.165, 1.54) is 17.0 Å². The molecule has 0 aliphatic heterocycles. The summed E-state index contributed by atoms with van der Waals surface area (Å²) in [6.45, 7) is -0.575. The topological polar surface area (TPSA) is 61.4 Å². The Morgan fingerprint density at radius 2 is 1.65 bits per heavy atom. The molecule has 0 aliphatic rings. The number of nitrogens with one attached hydrogen (secondary N) is 2. The van der Waals surface area contributed by atoms with Crippen LogP contribution in [0.25, 0.3) is 0 Å². The zero-order valence-corrected chi connectivity index (χ0v) is 13.9. The Balaban J connectivity index is 1.98. The van der Waals surface area contributed by atoms with Gasteiger partial charge >= 0.3 is 0 Å². The molecule has 0 saturated carbocycles. The average molecular weight is 369 g/mol. The van der Waals surface area contributed by atoms with E-state index in [2.05, 4.69) is 5.32 Å². The maximum Gasteiger partial charge on any atom is 0.251 e. The van der Waals surface area contributed by atoms with Crippen molar-refractivity contribution >= 4 is 23.2 Å². The number of rotatable bonds is 5. The number of carbonyl (C=O) groups excluding carboxylic acids is 2. The fourth-order valence-corrected chi connectivity index (χ4v) is 2.09. The van der Waals surface area contributed by atoms with Crippen molar-refractivity contribution in [3.05, 3.63) is 59.2 Å². The lowest BCUT2D eigenvalue weighted by Crippen LogP contribution is -2.33. The number of amides is 2. The molecule has 9 heteroatoms. The Kier molecular flexibility index (Phi) is 5.81. The minimum Gasteiger partial charge on any atom is -0.375 e. The first-order chi connectivity index (χ1) is 12.2. The molecule has 0 unspecified atom stereocenters. The molecular weight excluding hydrogens is 354 g/mol. The van der Waals surface area contributed by atoms with Crippen LogP contribution in [0.2, 0.25) is 0 Å². The predicted molar refractivity (Wildman–Crippen MR) is 88.0 cm³/mol. The highest BCUT2D eigenvalue weighted by molar-refractivity contribution is 5.99. The lowest BCUT2D eigenvalue weighted by atomic mass is 10.1. The van der Waals surface area contributed by atoms with Gasteiger partial charge in [0.2, 0.25) is 5.91 Å². The molecule has 26 heavy (non-hydrogen) atoms. The molecule has 0 heterocycles. The van der Waals surface area contributed by atoms with Crippen LogP contribution in [0.4, 0.5) is 28.9 Å². The summed E-state index contributed by atoms with van der Waals surface area (Å²) in [5, 5.41) is 4.22. The van der Waals surface area contributed by atoms with Crippen molar-refractivity contribution in [2.45, 2.75) is 0 Å². The van der Waals surface area contributed by atoms with E-state index < -0.39 is 47.3 Å². The van der Waals surface area contributed by atoms with Crippen molar-refractivity contribution in [1.29, 1.82) is 0 Å². The van der Waals surface area contributed by atoms with E-state index in [9.17, 15) is 27.2 Å². The lowest BCUT2D eigenvalue weighted by molar-refractivity contribution is -0.115. The summed E-state index contributed by atoms with van der Waals surface area (Å²) in [5.41, 5.74) is -0.294. The highest BCUT2D eigenvalue weighted by Gasteiger charge is 2.16. The average Bonchev–Trinajstić information content (AvgIpc) is 2.59. The van der Waals surface area contributed by atoms with E-state index in [0.717, 1.165) is 12.1 Å². The Morgan fingerprint density at radius 3 is 2.27 bits per heavy atom. The van der Waals surface area contributed by atoms with E-state index in [1.54, 1.807) is 14.1 Å². The Morgan fingerprint density at radius 1 is 0.962 bits per heavy atom. The molecule has 2 rings (SSSR count). The van der Waals surface area contributed by atoms with Crippen molar-refractivity contribution in [3.63, 3.8) is 0 Å². The minimum atomic E-state index is -1.72. The van der Waals surface area contributed by atoms with E-state index >= 15 is 0 Å². The second kappa shape index (κ2) is 7.85.